The number of hydrogen-bond acceptors (Lipinski definition) is 0. The van der Waals surface area contributed by atoms with Crippen LogP contribution in [0.2, 0.25) is 0 Å². The van der Waals surface area contributed by atoms with Crippen molar-refractivity contribution >= 4 is 25.4 Å². The molecule has 1 unspecified atom stereocenters. The molecule has 2 rings (SSSR count). The van der Waals surface area contributed by atoms with Gasteiger partial charge in [-0.1, -0.05) is 0 Å². The predicted molar refractivity (Wildman–Crippen MR) is 61.6 cm³/mol. The van der Waals surface area contributed by atoms with Crippen LogP contribution in [-0.4, -0.2) is 4.57 Å². The zero-order valence-corrected chi connectivity index (χ0v) is 9.44. The Kier molecular flexibility index (Phi) is 2.32. The Balaban J connectivity index is 2.74. The van der Waals surface area contributed by atoms with E-state index in [1.54, 1.807) is 6.07 Å². The van der Waals surface area contributed by atoms with Crippen molar-refractivity contribution in [3.05, 3.63) is 30.2 Å². The quantitative estimate of drug-likeness (QED) is 0.636. The number of rotatable bonds is 1. The summed E-state index contributed by atoms with van der Waals surface area (Å²) in [6.45, 7) is 4.23. The van der Waals surface area contributed by atoms with Crippen LogP contribution in [0.4, 0.5) is 4.39 Å². The average molecular weight is 209 g/mol. The summed E-state index contributed by atoms with van der Waals surface area (Å²) in [5.41, 5.74) is 1.09. The molecule has 1 atom stereocenters. The van der Waals surface area contributed by atoms with Crippen molar-refractivity contribution in [3.63, 3.8) is 0 Å². The van der Waals surface area contributed by atoms with Gasteiger partial charge < -0.3 is 4.57 Å². The van der Waals surface area contributed by atoms with Crippen LogP contribution < -0.4 is 5.30 Å². The van der Waals surface area contributed by atoms with E-state index in [0.29, 0.717) is 11.3 Å². The number of hydrogen-bond donors (Lipinski definition) is 0. The van der Waals surface area contributed by atoms with Crippen molar-refractivity contribution in [2.75, 3.05) is 0 Å². The number of benzene rings is 1. The van der Waals surface area contributed by atoms with Crippen LogP contribution in [0.25, 0.3) is 10.9 Å². The van der Waals surface area contributed by atoms with Gasteiger partial charge in [0.25, 0.3) is 0 Å². The molecule has 0 fully saturated rings. The van der Waals surface area contributed by atoms with Crippen molar-refractivity contribution in [3.8, 4) is 0 Å². The molecule has 0 bridgehead atoms. The number of halogens is 1. The molecule has 1 nitrogen and oxygen atoms in total. The lowest BCUT2D eigenvalue weighted by Gasteiger charge is -2.09. The molecule has 0 radical (unpaired) electrons. The van der Waals surface area contributed by atoms with E-state index in [0.717, 1.165) is 10.9 Å². The first kappa shape index (κ1) is 9.67. The molecule has 0 aliphatic heterocycles. The third kappa shape index (κ3) is 1.44. The molecule has 1 aromatic heterocycles. The Labute approximate surface area is 85.1 Å². The monoisotopic (exact) mass is 209 g/mol. The summed E-state index contributed by atoms with van der Waals surface area (Å²) in [6, 6.07) is 5.80. The zero-order chi connectivity index (χ0) is 10.3. The maximum atomic E-state index is 13.2. The molecule has 2 aromatic rings. The molecule has 0 amide bonds. The minimum Gasteiger partial charge on any atom is -0.345 e. The fraction of sp³-hybridized carbons (Fsp3) is 0.273. The third-order valence-electron chi connectivity index (χ3n) is 2.40. The summed E-state index contributed by atoms with van der Waals surface area (Å²) in [4.78, 5) is 0. The largest absolute Gasteiger partial charge is 0.345 e. The van der Waals surface area contributed by atoms with Gasteiger partial charge in [0.15, 0.2) is 0 Å². The van der Waals surface area contributed by atoms with Gasteiger partial charge in [-0.3, -0.25) is 0 Å². The number of fused-ring (bicyclic) bond motifs is 1. The molecule has 1 aromatic carbocycles. The Bertz CT molecular complexity index is 473. The zero-order valence-electron chi connectivity index (χ0n) is 8.29. The molecule has 0 N–H and O–H groups in total. The number of aromatic nitrogens is 1. The molecule has 14 heavy (non-hydrogen) atoms. The predicted octanol–water partition coefficient (Wildman–Crippen LogP) is 2.86. The topological polar surface area (TPSA) is 4.93 Å². The normalized spacial score (nSPS) is 11.5. The van der Waals surface area contributed by atoms with Gasteiger partial charge in [-0.05, 0) is 32.0 Å². The third-order valence-corrected chi connectivity index (χ3v) is 2.84. The number of nitrogens with zero attached hydrogens (tertiary/aromatic N) is 1. The Morgan fingerprint density at radius 2 is 2.07 bits per heavy atom. The standard InChI is InChI=1S/C11H13FNP/c1-7(2)13-4-3-8-5-9(12)11(14)6-10(8)13/h3-7H,14H2,1-2H3. The lowest BCUT2D eigenvalue weighted by atomic mass is 10.2. The van der Waals surface area contributed by atoms with E-state index in [4.69, 9.17) is 0 Å². The van der Waals surface area contributed by atoms with Crippen molar-refractivity contribution in [2.24, 2.45) is 0 Å². The van der Waals surface area contributed by atoms with Crippen LogP contribution in [0, 0.1) is 5.82 Å². The second-order valence-corrected chi connectivity index (χ2v) is 4.37. The molecule has 3 heteroatoms. The summed E-state index contributed by atoms with van der Waals surface area (Å²) in [6.07, 6.45) is 2.00. The highest BCUT2D eigenvalue weighted by Crippen LogP contribution is 2.20. The summed E-state index contributed by atoms with van der Waals surface area (Å²) in [5.74, 6) is -0.163. The van der Waals surface area contributed by atoms with E-state index >= 15 is 0 Å². The van der Waals surface area contributed by atoms with Crippen molar-refractivity contribution in [1.82, 2.24) is 4.57 Å². The van der Waals surface area contributed by atoms with E-state index in [1.165, 1.54) is 0 Å². The van der Waals surface area contributed by atoms with Crippen molar-refractivity contribution in [2.45, 2.75) is 19.9 Å². The Morgan fingerprint density at radius 3 is 2.71 bits per heavy atom. The van der Waals surface area contributed by atoms with Crippen LogP contribution in [0.5, 0.6) is 0 Å². The summed E-state index contributed by atoms with van der Waals surface area (Å²) in [5, 5.41) is 1.58. The second-order valence-electron chi connectivity index (χ2n) is 3.75. The highest BCUT2D eigenvalue weighted by molar-refractivity contribution is 7.27. The second kappa shape index (κ2) is 3.36. The Hall–Kier alpha value is -0.880. The van der Waals surface area contributed by atoms with Gasteiger partial charge in [-0.15, -0.1) is 9.24 Å². The molecular weight excluding hydrogens is 196 g/mol. The van der Waals surface area contributed by atoms with Gasteiger partial charge in [0.2, 0.25) is 0 Å². The van der Waals surface area contributed by atoms with Crippen LogP contribution in [0.1, 0.15) is 19.9 Å². The van der Waals surface area contributed by atoms with E-state index in [2.05, 4.69) is 27.7 Å². The minimum absolute atomic E-state index is 0.163. The average Bonchev–Trinajstić information content (AvgIpc) is 2.48. The summed E-state index contributed by atoms with van der Waals surface area (Å²) >= 11 is 0. The molecule has 0 spiro atoms. The smallest absolute Gasteiger partial charge is 0.131 e. The van der Waals surface area contributed by atoms with Gasteiger partial charge in [-0.25, -0.2) is 4.39 Å². The highest BCUT2D eigenvalue weighted by Gasteiger charge is 2.06. The van der Waals surface area contributed by atoms with Gasteiger partial charge in [0.05, 0.1) is 0 Å². The molecule has 0 saturated carbocycles. The lowest BCUT2D eigenvalue weighted by Crippen LogP contribution is -2.02. The van der Waals surface area contributed by atoms with Crippen molar-refractivity contribution < 1.29 is 4.39 Å². The van der Waals surface area contributed by atoms with Crippen molar-refractivity contribution in [1.29, 1.82) is 0 Å². The maximum Gasteiger partial charge on any atom is 0.131 e. The highest BCUT2D eigenvalue weighted by atomic mass is 31.0. The van der Waals surface area contributed by atoms with Crippen LogP contribution in [0.3, 0.4) is 0 Å². The van der Waals surface area contributed by atoms with Crippen LogP contribution in [-0.2, 0) is 0 Å². The first-order chi connectivity index (χ1) is 6.59. The SMILES string of the molecule is CC(C)n1ccc2cc(F)c(P)cc21. The fourth-order valence-corrected chi connectivity index (χ4v) is 1.88. The molecule has 74 valence electrons. The first-order valence-corrected chi connectivity index (χ1v) is 5.23. The van der Waals surface area contributed by atoms with Gasteiger partial charge >= 0.3 is 0 Å². The van der Waals surface area contributed by atoms with Crippen LogP contribution >= 0.6 is 9.24 Å². The van der Waals surface area contributed by atoms with E-state index in [1.807, 2.05) is 18.3 Å². The Morgan fingerprint density at radius 1 is 1.36 bits per heavy atom. The molecule has 0 aliphatic rings. The summed E-state index contributed by atoms with van der Waals surface area (Å²) in [7, 11) is 2.42. The van der Waals surface area contributed by atoms with E-state index in [-0.39, 0.29) is 5.82 Å². The minimum atomic E-state index is -0.163. The van der Waals surface area contributed by atoms with E-state index < -0.39 is 0 Å². The van der Waals surface area contributed by atoms with Crippen LogP contribution in [0.15, 0.2) is 24.4 Å². The fourth-order valence-electron chi connectivity index (χ4n) is 1.64. The van der Waals surface area contributed by atoms with Gasteiger partial charge in [-0.2, -0.15) is 0 Å². The van der Waals surface area contributed by atoms with Gasteiger partial charge in [0.1, 0.15) is 5.82 Å². The summed E-state index contributed by atoms with van der Waals surface area (Å²) < 4.78 is 15.4. The first-order valence-electron chi connectivity index (χ1n) is 4.65. The van der Waals surface area contributed by atoms with E-state index in [9.17, 15) is 4.39 Å². The maximum absolute atomic E-state index is 13.2. The lowest BCUT2D eigenvalue weighted by molar-refractivity contribution is 0.621. The molecule has 0 aliphatic carbocycles. The van der Waals surface area contributed by atoms with Gasteiger partial charge in [0, 0.05) is 28.4 Å². The molecule has 0 saturated heterocycles. The molecule has 1 heterocycles. The molecular formula is C11H13FNP.